The minimum Gasteiger partial charge on any atom is -0.392 e. The highest BCUT2D eigenvalue weighted by Crippen LogP contribution is 2.38. The molecule has 0 spiro atoms. The summed E-state index contributed by atoms with van der Waals surface area (Å²) in [7, 11) is 0. The molecular weight excluding hydrogens is 343 g/mol. The van der Waals surface area contributed by atoms with E-state index in [-0.39, 0.29) is 16.7 Å². The van der Waals surface area contributed by atoms with Gasteiger partial charge < -0.3 is 11.1 Å². The van der Waals surface area contributed by atoms with Crippen LogP contribution < -0.4 is 11.1 Å². The molecule has 1 aromatic carbocycles. The predicted molar refractivity (Wildman–Crippen MR) is 85.0 cm³/mol. The predicted octanol–water partition coefficient (Wildman–Crippen LogP) is 3.76. The Bertz CT molecular complexity index is 544. The van der Waals surface area contributed by atoms with Gasteiger partial charge in [0.15, 0.2) is 0 Å². The maximum absolute atomic E-state index is 13.1. The normalized spacial score (nSPS) is 17.5. The molecule has 0 aromatic heterocycles. The lowest BCUT2D eigenvalue weighted by Gasteiger charge is -2.34. The Hall–Kier alpha value is -1.01. The van der Waals surface area contributed by atoms with Gasteiger partial charge in [-0.3, -0.25) is 4.79 Å². The maximum atomic E-state index is 13.1. The second-order valence-corrected chi connectivity index (χ2v) is 6.38. The van der Waals surface area contributed by atoms with Gasteiger partial charge in [0.25, 0.3) is 0 Å². The van der Waals surface area contributed by atoms with Gasteiger partial charge in [-0.25, -0.2) is 4.39 Å². The van der Waals surface area contributed by atoms with E-state index < -0.39 is 5.41 Å². The second kappa shape index (κ2) is 6.18. The van der Waals surface area contributed by atoms with Crippen molar-refractivity contribution in [2.75, 3.05) is 5.32 Å². The third-order valence-corrected chi connectivity index (χ3v) is 4.84. The molecule has 0 aliphatic heterocycles. The van der Waals surface area contributed by atoms with Crippen LogP contribution in [0.2, 0.25) is 0 Å². The molecule has 3 nitrogen and oxygen atoms in total. The van der Waals surface area contributed by atoms with Crippen LogP contribution in [0.1, 0.15) is 32.1 Å². The van der Waals surface area contributed by atoms with Crippen LogP contribution in [0.25, 0.3) is 0 Å². The highest BCUT2D eigenvalue weighted by Gasteiger charge is 2.42. The number of hydrogen-bond donors (Lipinski definition) is 2. The zero-order chi connectivity index (χ0) is 14.8. The molecule has 108 valence electrons. The SMILES string of the molecule is NC(=S)C1(C(=O)Nc2ccc(F)cc2Br)CCCCC1. The number of nitrogens with one attached hydrogen (secondary N) is 1. The quantitative estimate of drug-likeness (QED) is 0.808. The summed E-state index contributed by atoms with van der Waals surface area (Å²) in [6.45, 7) is 0. The van der Waals surface area contributed by atoms with Gasteiger partial charge in [-0.1, -0.05) is 31.5 Å². The molecule has 2 rings (SSSR count). The molecule has 0 heterocycles. The first kappa shape index (κ1) is 15.4. The fourth-order valence-electron chi connectivity index (χ4n) is 2.57. The Morgan fingerprint density at radius 3 is 2.55 bits per heavy atom. The molecule has 6 heteroatoms. The summed E-state index contributed by atoms with van der Waals surface area (Å²) in [6.07, 6.45) is 4.32. The van der Waals surface area contributed by atoms with E-state index >= 15 is 0 Å². The lowest BCUT2D eigenvalue weighted by molar-refractivity contribution is -0.123. The molecule has 0 saturated heterocycles. The number of halogens is 2. The van der Waals surface area contributed by atoms with Crippen LogP contribution in [0, 0.1) is 11.2 Å². The van der Waals surface area contributed by atoms with Crippen molar-refractivity contribution in [2.24, 2.45) is 11.1 Å². The lowest BCUT2D eigenvalue weighted by Crippen LogP contribution is -2.47. The van der Waals surface area contributed by atoms with Crippen molar-refractivity contribution in [2.45, 2.75) is 32.1 Å². The molecule has 0 atom stereocenters. The number of carbonyl (C=O) groups excluding carboxylic acids is 1. The lowest BCUT2D eigenvalue weighted by atomic mass is 9.73. The van der Waals surface area contributed by atoms with Gasteiger partial charge in [0.1, 0.15) is 5.82 Å². The molecule has 0 radical (unpaired) electrons. The number of rotatable bonds is 3. The number of anilines is 1. The molecular formula is C14H16BrFN2OS. The average Bonchev–Trinajstić information content (AvgIpc) is 2.42. The molecule has 20 heavy (non-hydrogen) atoms. The fraction of sp³-hybridized carbons (Fsp3) is 0.429. The van der Waals surface area contributed by atoms with Gasteiger partial charge >= 0.3 is 0 Å². The van der Waals surface area contributed by atoms with E-state index in [2.05, 4.69) is 21.2 Å². The highest BCUT2D eigenvalue weighted by atomic mass is 79.9. The zero-order valence-corrected chi connectivity index (χ0v) is 13.3. The van der Waals surface area contributed by atoms with Crippen LogP contribution in [0.5, 0.6) is 0 Å². The molecule has 1 aliphatic carbocycles. The van der Waals surface area contributed by atoms with Gasteiger partial charge in [-0.15, -0.1) is 0 Å². The van der Waals surface area contributed by atoms with Crippen LogP contribution in [-0.2, 0) is 4.79 Å². The van der Waals surface area contributed by atoms with E-state index in [4.69, 9.17) is 18.0 Å². The monoisotopic (exact) mass is 358 g/mol. The zero-order valence-electron chi connectivity index (χ0n) is 10.9. The summed E-state index contributed by atoms with van der Waals surface area (Å²) in [6, 6.07) is 4.13. The average molecular weight is 359 g/mol. The third kappa shape index (κ3) is 3.01. The van der Waals surface area contributed by atoms with E-state index in [0.29, 0.717) is 23.0 Å². The minimum atomic E-state index is -0.776. The molecule has 1 aromatic rings. The Balaban J connectivity index is 2.22. The van der Waals surface area contributed by atoms with Crippen molar-refractivity contribution in [3.63, 3.8) is 0 Å². The van der Waals surface area contributed by atoms with E-state index in [1.807, 2.05) is 0 Å². The van der Waals surface area contributed by atoms with Gasteiger partial charge in [0, 0.05) is 4.47 Å². The van der Waals surface area contributed by atoms with Crippen molar-refractivity contribution in [1.82, 2.24) is 0 Å². The molecule has 1 amide bonds. The summed E-state index contributed by atoms with van der Waals surface area (Å²) < 4.78 is 13.6. The van der Waals surface area contributed by atoms with Crippen molar-refractivity contribution >= 4 is 44.7 Å². The largest absolute Gasteiger partial charge is 0.392 e. The van der Waals surface area contributed by atoms with Crippen molar-refractivity contribution in [3.8, 4) is 0 Å². The minimum absolute atomic E-state index is 0.197. The Kier molecular flexibility index (Phi) is 4.75. The number of hydrogen-bond acceptors (Lipinski definition) is 2. The molecule has 1 fully saturated rings. The number of nitrogens with two attached hydrogens (primary N) is 1. The first-order valence-electron chi connectivity index (χ1n) is 6.52. The van der Waals surface area contributed by atoms with Gasteiger partial charge in [-0.2, -0.15) is 0 Å². The summed E-state index contributed by atoms with van der Waals surface area (Å²) in [5, 5.41) is 2.81. The van der Waals surface area contributed by atoms with Crippen molar-refractivity contribution in [3.05, 3.63) is 28.5 Å². The van der Waals surface area contributed by atoms with Crippen LogP contribution in [0.15, 0.2) is 22.7 Å². The number of amides is 1. The first-order valence-corrected chi connectivity index (χ1v) is 7.72. The highest BCUT2D eigenvalue weighted by molar-refractivity contribution is 9.10. The van der Waals surface area contributed by atoms with Gasteiger partial charge in [-0.05, 0) is 47.0 Å². The van der Waals surface area contributed by atoms with E-state index in [0.717, 1.165) is 19.3 Å². The van der Waals surface area contributed by atoms with Crippen LogP contribution >= 0.6 is 28.1 Å². The Labute approximate surface area is 131 Å². The smallest absolute Gasteiger partial charge is 0.237 e. The van der Waals surface area contributed by atoms with Crippen LogP contribution in [-0.4, -0.2) is 10.9 Å². The Morgan fingerprint density at radius 2 is 2.00 bits per heavy atom. The van der Waals surface area contributed by atoms with E-state index in [9.17, 15) is 9.18 Å². The Morgan fingerprint density at radius 1 is 1.35 bits per heavy atom. The van der Waals surface area contributed by atoms with Crippen molar-refractivity contribution in [1.29, 1.82) is 0 Å². The molecule has 0 bridgehead atoms. The molecule has 1 aliphatic rings. The number of carbonyl (C=O) groups is 1. The number of benzene rings is 1. The van der Waals surface area contributed by atoms with Gasteiger partial charge in [0.05, 0.1) is 16.1 Å². The molecule has 1 saturated carbocycles. The number of thiocarbonyl (C=S) groups is 1. The fourth-order valence-corrected chi connectivity index (χ4v) is 3.32. The van der Waals surface area contributed by atoms with Crippen LogP contribution in [0.3, 0.4) is 0 Å². The second-order valence-electron chi connectivity index (χ2n) is 5.09. The van der Waals surface area contributed by atoms with E-state index in [1.165, 1.54) is 18.2 Å². The third-order valence-electron chi connectivity index (χ3n) is 3.79. The summed E-state index contributed by atoms with van der Waals surface area (Å²) in [5.41, 5.74) is 5.57. The molecule has 3 N–H and O–H groups in total. The first-order chi connectivity index (χ1) is 9.45. The summed E-state index contributed by atoms with van der Waals surface area (Å²) >= 11 is 8.35. The summed E-state index contributed by atoms with van der Waals surface area (Å²) in [5.74, 6) is -0.561. The van der Waals surface area contributed by atoms with E-state index in [1.54, 1.807) is 0 Å². The van der Waals surface area contributed by atoms with Crippen molar-refractivity contribution < 1.29 is 9.18 Å². The van der Waals surface area contributed by atoms with Gasteiger partial charge in [0.2, 0.25) is 5.91 Å². The standard InChI is InChI=1S/C14H16BrFN2OS/c15-10-8-9(16)4-5-11(10)18-13(19)14(12(17)20)6-2-1-3-7-14/h4-5,8H,1-3,6-7H2,(H2,17,20)(H,18,19). The summed E-state index contributed by atoms with van der Waals surface area (Å²) in [4.78, 5) is 12.8. The molecule has 0 unspecified atom stereocenters. The topological polar surface area (TPSA) is 55.1 Å². The van der Waals surface area contributed by atoms with Crippen LogP contribution in [0.4, 0.5) is 10.1 Å². The maximum Gasteiger partial charge on any atom is 0.237 e.